The molecule has 0 spiro atoms. The second kappa shape index (κ2) is 3.58. The molecule has 0 N–H and O–H groups in total. The molecule has 2 aromatic carbocycles. The molecular formula is C17H14N2. The molecule has 4 aromatic rings. The average molecular weight is 246 g/mol. The smallest absolute Gasteiger partial charge is 0.145 e. The third kappa shape index (κ3) is 1.40. The fourth-order valence-corrected chi connectivity index (χ4v) is 2.69. The zero-order valence-electron chi connectivity index (χ0n) is 11.0. The molecule has 0 atom stereocenters. The largest absolute Gasteiger partial charge is 0.299 e. The zero-order chi connectivity index (χ0) is 13.0. The van der Waals surface area contributed by atoms with Gasteiger partial charge in [-0.15, -0.1) is 0 Å². The van der Waals surface area contributed by atoms with Crippen LogP contribution in [0.25, 0.3) is 27.5 Å². The summed E-state index contributed by atoms with van der Waals surface area (Å²) in [7, 11) is 0. The van der Waals surface area contributed by atoms with Gasteiger partial charge in [-0.3, -0.25) is 4.40 Å². The lowest BCUT2D eigenvalue weighted by molar-refractivity contribution is 1.24. The Morgan fingerprint density at radius 2 is 1.74 bits per heavy atom. The van der Waals surface area contributed by atoms with E-state index >= 15 is 0 Å². The number of pyridine rings is 1. The molecule has 2 heteroatoms. The van der Waals surface area contributed by atoms with Crippen molar-refractivity contribution < 1.29 is 0 Å². The van der Waals surface area contributed by atoms with E-state index in [0.29, 0.717) is 0 Å². The van der Waals surface area contributed by atoms with E-state index in [-0.39, 0.29) is 0 Å². The summed E-state index contributed by atoms with van der Waals surface area (Å²) in [5, 5.41) is 2.44. The first-order valence-electron chi connectivity index (χ1n) is 6.51. The highest BCUT2D eigenvalue weighted by Crippen LogP contribution is 2.25. The summed E-state index contributed by atoms with van der Waals surface area (Å²) in [4.78, 5) is 4.81. The third-order valence-electron chi connectivity index (χ3n) is 3.91. The topological polar surface area (TPSA) is 17.3 Å². The quantitative estimate of drug-likeness (QED) is 0.453. The monoisotopic (exact) mass is 246 g/mol. The van der Waals surface area contributed by atoms with Crippen LogP contribution < -0.4 is 0 Å². The van der Waals surface area contributed by atoms with Crippen LogP contribution in [0.3, 0.4) is 0 Å². The number of rotatable bonds is 0. The molecule has 2 aromatic heterocycles. The van der Waals surface area contributed by atoms with Crippen LogP contribution in [0.4, 0.5) is 0 Å². The molecule has 0 saturated heterocycles. The number of imidazole rings is 1. The highest BCUT2D eigenvalue weighted by Gasteiger charge is 2.08. The molecule has 0 radical (unpaired) electrons. The van der Waals surface area contributed by atoms with E-state index in [1.54, 1.807) is 0 Å². The lowest BCUT2D eigenvalue weighted by atomic mass is 10.1. The van der Waals surface area contributed by atoms with E-state index in [1.807, 2.05) is 0 Å². The van der Waals surface area contributed by atoms with Crippen LogP contribution in [0.15, 0.2) is 48.7 Å². The second-order valence-electron chi connectivity index (χ2n) is 5.13. The predicted molar refractivity (Wildman–Crippen MR) is 79.7 cm³/mol. The van der Waals surface area contributed by atoms with Crippen molar-refractivity contribution in [1.29, 1.82) is 0 Å². The number of aryl methyl sites for hydroxylation is 2. The molecule has 4 rings (SSSR count). The van der Waals surface area contributed by atoms with Crippen molar-refractivity contribution in [3.05, 3.63) is 59.8 Å². The van der Waals surface area contributed by atoms with Gasteiger partial charge in [-0.1, -0.05) is 24.3 Å². The second-order valence-corrected chi connectivity index (χ2v) is 5.13. The van der Waals surface area contributed by atoms with E-state index in [2.05, 4.69) is 66.9 Å². The van der Waals surface area contributed by atoms with Crippen molar-refractivity contribution in [3.8, 4) is 0 Å². The maximum atomic E-state index is 4.81. The fourth-order valence-electron chi connectivity index (χ4n) is 2.69. The first-order chi connectivity index (χ1) is 9.24. The minimum atomic E-state index is 1.04. The normalized spacial score (nSPS) is 11.7. The van der Waals surface area contributed by atoms with Gasteiger partial charge >= 0.3 is 0 Å². The van der Waals surface area contributed by atoms with Crippen molar-refractivity contribution in [2.75, 3.05) is 0 Å². The molecule has 0 unspecified atom stereocenters. The van der Waals surface area contributed by atoms with Crippen LogP contribution in [-0.2, 0) is 0 Å². The molecule has 0 fully saturated rings. The number of benzene rings is 2. The third-order valence-corrected chi connectivity index (χ3v) is 3.91. The van der Waals surface area contributed by atoms with Crippen molar-refractivity contribution in [1.82, 2.24) is 9.38 Å². The molecular weight excluding hydrogens is 232 g/mol. The Morgan fingerprint density at radius 3 is 2.63 bits per heavy atom. The lowest BCUT2D eigenvalue weighted by Crippen LogP contribution is -1.86. The number of hydrogen-bond acceptors (Lipinski definition) is 1. The summed E-state index contributed by atoms with van der Waals surface area (Å²) >= 11 is 0. The van der Waals surface area contributed by atoms with E-state index in [0.717, 1.165) is 11.2 Å². The van der Waals surface area contributed by atoms with Crippen molar-refractivity contribution in [2.24, 2.45) is 0 Å². The molecule has 2 heterocycles. The van der Waals surface area contributed by atoms with Gasteiger partial charge in [-0.2, -0.15) is 0 Å². The summed E-state index contributed by atoms with van der Waals surface area (Å²) in [6, 6.07) is 14.9. The summed E-state index contributed by atoms with van der Waals surface area (Å²) in [6.07, 6.45) is 2.11. The average Bonchev–Trinajstić information content (AvgIpc) is 2.77. The van der Waals surface area contributed by atoms with E-state index in [9.17, 15) is 0 Å². The molecule has 0 bridgehead atoms. The van der Waals surface area contributed by atoms with Gasteiger partial charge in [0.05, 0.1) is 11.0 Å². The number of hydrogen-bond donors (Lipinski definition) is 0. The highest BCUT2D eigenvalue weighted by molar-refractivity contribution is 5.98. The van der Waals surface area contributed by atoms with Gasteiger partial charge in [0.15, 0.2) is 0 Å². The lowest BCUT2D eigenvalue weighted by Gasteiger charge is -2.02. The van der Waals surface area contributed by atoms with Crippen LogP contribution in [-0.4, -0.2) is 9.38 Å². The Kier molecular flexibility index (Phi) is 1.99. The van der Waals surface area contributed by atoms with Crippen LogP contribution in [0, 0.1) is 13.8 Å². The van der Waals surface area contributed by atoms with Gasteiger partial charge in [-0.05, 0) is 48.6 Å². The van der Waals surface area contributed by atoms with Crippen LogP contribution in [0.1, 0.15) is 11.1 Å². The highest BCUT2D eigenvalue weighted by atomic mass is 15.0. The summed E-state index contributed by atoms with van der Waals surface area (Å²) in [5.41, 5.74) is 5.89. The van der Waals surface area contributed by atoms with Gasteiger partial charge in [0, 0.05) is 11.6 Å². The van der Waals surface area contributed by atoms with E-state index < -0.39 is 0 Å². The Morgan fingerprint density at radius 1 is 0.947 bits per heavy atom. The van der Waals surface area contributed by atoms with Gasteiger partial charge in [0.25, 0.3) is 0 Å². The summed E-state index contributed by atoms with van der Waals surface area (Å²) in [6.45, 7) is 4.28. The van der Waals surface area contributed by atoms with Crippen LogP contribution in [0.2, 0.25) is 0 Å². The van der Waals surface area contributed by atoms with Gasteiger partial charge in [-0.25, -0.2) is 4.98 Å². The Hall–Kier alpha value is -2.35. The summed E-state index contributed by atoms with van der Waals surface area (Å²) < 4.78 is 2.18. The molecule has 0 aliphatic carbocycles. The molecule has 92 valence electrons. The molecule has 0 saturated carbocycles. The fraction of sp³-hybridized carbons (Fsp3) is 0.118. The Labute approximate surface area is 111 Å². The molecule has 2 nitrogen and oxygen atoms in total. The molecule has 0 aliphatic heterocycles. The Balaban J connectivity index is 2.27. The number of nitrogens with zero attached hydrogens (tertiary/aromatic N) is 2. The van der Waals surface area contributed by atoms with Crippen molar-refractivity contribution in [2.45, 2.75) is 13.8 Å². The van der Waals surface area contributed by atoms with Crippen LogP contribution >= 0.6 is 0 Å². The SMILES string of the molecule is Cc1cc2nc3c4ccccc4ccn3c2cc1C. The zero-order valence-corrected chi connectivity index (χ0v) is 11.0. The van der Waals surface area contributed by atoms with Crippen LogP contribution in [0.5, 0.6) is 0 Å². The minimum Gasteiger partial charge on any atom is -0.299 e. The van der Waals surface area contributed by atoms with E-state index in [4.69, 9.17) is 4.98 Å². The van der Waals surface area contributed by atoms with Crippen molar-refractivity contribution in [3.63, 3.8) is 0 Å². The van der Waals surface area contributed by atoms with Gasteiger partial charge < -0.3 is 0 Å². The molecule has 19 heavy (non-hydrogen) atoms. The van der Waals surface area contributed by atoms with Gasteiger partial charge in [0.1, 0.15) is 5.65 Å². The number of fused-ring (bicyclic) bond motifs is 5. The summed E-state index contributed by atoms with van der Waals surface area (Å²) in [5.74, 6) is 0. The molecule has 0 aliphatic rings. The minimum absolute atomic E-state index is 1.04. The first kappa shape index (κ1) is 10.6. The molecule has 0 amide bonds. The van der Waals surface area contributed by atoms with Gasteiger partial charge in [0.2, 0.25) is 0 Å². The first-order valence-corrected chi connectivity index (χ1v) is 6.51. The standard InChI is InChI=1S/C17H14N2/c1-11-9-15-16(10-12(11)2)19-8-7-13-5-3-4-6-14(13)17(19)18-15/h3-10H,1-2H3. The number of aromatic nitrogens is 2. The maximum absolute atomic E-state index is 4.81. The maximum Gasteiger partial charge on any atom is 0.145 e. The van der Waals surface area contributed by atoms with Crippen molar-refractivity contribution >= 4 is 27.5 Å². The Bertz CT molecular complexity index is 932. The van der Waals surface area contributed by atoms with E-state index in [1.165, 1.54) is 27.4 Å². The predicted octanol–water partition coefficient (Wildman–Crippen LogP) is 4.26.